The molecule has 0 N–H and O–H groups in total. The molecule has 4 nitrogen and oxygen atoms in total. The zero-order valence-electron chi connectivity index (χ0n) is 11.9. The van der Waals surface area contributed by atoms with Crippen molar-refractivity contribution in [3.63, 3.8) is 0 Å². The molecule has 0 radical (unpaired) electrons. The lowest BCUT2D eigenvalue weighted by molar-refractivity contribution is 0.415. The zero-order valence-corrected chi connectivity index (χ0v) is 12.6. The van der Waals surface area contributed by atoms with Crippen LogP contribution in [0.5, 0.6) is 5.75 Å². The van der Waals surface area contributed by atoms with Gasteiger partial charge < -0.3 is 9.30 Å². The summed E-state index contributed by atoms with van der Waals surface area (Å²) in [6.07, 6.45) is 0.114. The van der Waals surface area contributed by atoms with E-state index in [0.717, 1.165) is 11.3 Å². The largest absolute Gasteiger partial charge is 0.495 e. The lowest BCUT2D eigenvalue weighted by Crippen LogP contribution is -2.24. The van der Waals surface area contributed by atoms with Crippen LogP contribution >= 0.6 is 11.6 Å². The third-order valence-corrected chi connectivity index (χ3v) is 3.58. The summed E-state index contributed by atoms with van der Waals surface area (Å²) < 4.78 is 6.77. The lowest BCUT2D eigenvalue weighted by Gasteiger charge is -2.13. The molecule has 0 unspecified atom stereocenters. The van der Waals surface area contributed by atoms with Gasteiger partial charge in [0, 0.05) is 12.1 Å². The van der Waals surface area contributed by atoms with Crippen LogP contribution in [-0.2, 0) is 13.0 Å². The van der Waals surface area contributed by atoms with Crippen LogP contribution in [-0.4, -0.2) is 11.7 Å². The molecule has 0 atom stereocenters. The Labute approximate surface area is 128 Å². The average molecular weight is 303 g/mol. The van der Waals surface area contributed by atoms with E-state index in [4.69, 9.17) is 21.6 Å². The van der Waals surface area contributed by atoms with Crippen LogP contribution in [0.2, 0.25) is 5.02 Å². The number of hydrogen-bond acceptors (Lipinski definition) is 3. The van der Waals surface area contributed by atoms with E-state index in [-0.39, 0.29) is 12.0 Å². The van der Waals surface area contributed by atoms with Crippen molar-refractivity contribution >= 4 is 11.6 Å². The monoisotopic (exact) mass is 302 g/mol. The van der Waals surface area contributed by atoms with Crippen LogP contribution in [0.3, 0.4) is 0 Å². The molecule has 0 saturated heterocycles. The minimum absolute atomic E-state index is 0.114. The SMILES string of the molecule is CCn1c(-c2ccc(OC)c(Cl)c2)ccc(CC#N)c1=O. The van der Waals surface area contributed by atoms with Crippen LogP contribution in [0, 0.1) is 11.3 Å². The minimum atomic E-state index is -0.136. The van der Waals surface area contributed by atoms with Gasteiger partial charge in [0.05, 0.1) is 30.3 Å². The smallest absolute Gasteiger partial charge is 0.255 e. The standard InChI is InChI=1S/C16H15ClN2O2/c1-3-19-14(6-4-11(8-9-18)16(19)20)12-5-7-15(21-2)13(17)10-12/h4-7,10H,3,8H2,1-2H3. The number of benzene rings is 1. The fraction of sp³-hybridized carbons (Fsp3) is 0.250. The Bertz CT molecular complexity index is 760. The zero-order chi connectivity index (χ0) is 15.4. The molecule has 0 spiro atoms. The molecular formula is C16H15ClN2O2. The molecule has 1 aromatic carbocycles. The van der Waals surface area contributed by atoms with Crippen LogP contribution < -0.4 is 10.3 Å². The van der Waals surface area contributed by atoms with E-state index in [1.54, 1.807) is 29.9 Å². The second kappa shape index (κ2) is 6.47. The molecule has 0 amide bonds. The summed E-state index contributed by atoms with van der Waals surface area (Å²) in [6.45, 7) is 2.42. The van der Waals surface area contributed by atoms with E-state index in [9.17, 15) is 4.79 Å². The van der Waals surface area contributed by atoms with Gasteiger partial charge in [-0.3, -0.25) is 4.79 Å². The highest BCUT2D eigenvalue weighted by Gasteiger charge is 2.11. The van der Waals surface area contributed by atoms with Crippen molar-refractivity contribution in [3.8, 4) is 23.1 Å². The molecule has 0 aliphatic carbocycles. The molecule has 1 aromatic heterocycles. The van der Waals surface area contributed by atoms with Gasteiger partial charge in [-0.25, -0.2) is 0 Å². The number of ether oxygens (including phenoxy) is 1. The van der Waals surface area contributed by atoms with Gasteiger partial charge in [-0.1, -0.05) is 17.7 Å². The van der Waals surface area contributed by atoms with E-state index >= 15 is 0 Å². The highest BCUT2D eigenvalue weighted by Crippen LogP contribution is 2.29. The summed E-state index contributed by atoms with van der Waals surface area (Å²) in [7, 11) is 1.56. The van der Waals surface area contributed by atoms with Crippen molar-refractivity contribution < 1.29 is 4.74 Å². The number of hydrogen-bond donors (Lipinski definition) is 0. The summed E-state index contributed by atoms with van der Waals surface area (Å²) in [6, 6.07) is 10.9. The van der Waals surface area contributed by atoms with Gasteiger partial charge >= 0.3 is 0 Å². The molecule has 108 valence electrons. The summed E-state index contributed by atoms with van der Waals surface area (Å²) in [5, 5.41) is 9.25. The van der Waals surface area contributed by atoms with E-state index in [0.29, 0.717) is 22.9 Å². The molecule has 0 bridgehead atoms. The average Bonchev–Trinajstić information content (AvgIpc) is 2.49. The predicted molar refractivity (Wildman–Crippen MR) is 82.7 cm³/mol. The van der Waals surface area contributed by atoms with Crippen molar-refractivity contribution in [1.29, 1.82) is 5.26 Å². The number of methoxy groups -OCH3 is 1. The van der Waals surface area contributed by atoms with Crippen LogP contribution in [0.4, 0.5) is 0 Å². The third-order valence-electron chi connectivity index (χ3n) is 3.29. The highest BCUT2D eigenvalue weighted by molar-refractivity contribution is 6.32. The maximum atomic E-state index is 12.3. The van der Waals surface area contributed by atoms with Gasteiger partial charge in [-0.2, -0.15) is 5.26 Å². The number of pyridine rings is 1. The number of rotatable bonds is 4. The molecule has 0 aliphatic heterocycles. The summed E-state index contributed by atoms with van der Waals surface area (Å²) in [5.41, 5.74) is 1.98. The highest BCUT2D eigenvalue weighted by atomic mass is 35.5. The quantitative estimate of drug-likeness (QED) is 0.871. The summed E-state index contributed by atoms with van der Waals surface area (Å²) >= 11 is 6.14. The van der Waals surface area contributed by atoms with Gasteiger partial charge in [0.25, 0.3) is 5.56 Å². The second-order valence-electron chi connectivity index (χ2n) is 4.48. The van der Waals surface area contributed by atoms with Gasteiger partial charge in [0.15, 0.2) is 0 Å². The Morgan fingerprint density at radius 3 is 2.67 bits per heavy atom. The lowest BCUT2D eigenvalue weighted by atomic mass is 10.1. The van der Waals surface area contributed by atoms with Crippen molar-refractivity contribution in [3.05, 3.63) is 51.3 Å². The Balaban J connectivity index is 2.59. The molecule has 5 heteroatoms. The number of nitrogens with zero attached hydrogens (tertiary/aromatic N) is 2. The Kier molecular flexibility index (Phi) is 4.66. The third kappa shape index (κ3) is 2.93. The van der Waals surface area contributed by atoms with Crippen molar-refractivity contribution in [2.75, 3.05) is 7.11 Å². The number of halogens is 1. The minimum Gasteiger partial charge on any atom is -0.495 e. The Hall–Kier alpha value is -2.25. The van der Waals surface area contributed by atoms with Crippen LogP contribution in [0.1, 0.15) is 12.5 Å². The molecule has 21 heavy (non-hydrogen) atoms. The maximum absolute atomic E-state index is 12.3. The van der Waals surface area contributed by atoms with Crippen LogP contribution in [0.15, 0.2) is 35.1 Å². The first-order valence-corrected chi connectivity index (χ1v) is 6.93. The topological polar surface area (TPSA) is 55.0 Å². The van der Waals surface area contributed by atoms with Gasteiger partial charge in [-0.05, 0) is 36.8 Å². The summed E-state index contributed by atoms with van der Waals surface area (Å²) in [5.74, 6) is 0.590. The van der Waals surface area contributed by atoms with E-state index in [1.807, 2.05) is 25.1 Å². The first-order valence-electron chi connectivity index (χ1n) is 6.56. The molecule has 0 saturated carbocycles. The Morgan fingerprint density at radius 1 is 1.33 bits per heavy atom. The first-order chi connectivity index (χ1) is 10.1. The van der Waals surface area contributed by atoms with Crippen molar-refractivity contribution in [2.45, 2.75) is 19.9 Å². The van der Waals surface area contributed by atoms with Gasteiger partial charge in [0.2, 0.25) is 0 Å². The molecule has 0 aliphatic rings. The molecule has 2 aromatic rings. The van der Waals surface area contributed by atoms with E-state index < -0.39 is 0 Å². The van der Waals surface area contributed by atoms with Crippen molar-refractivity contribution in [1.82, 2.24) is 4.57 Å². The fourth-order valence-electron chi connectivity index (χ4n) is 2.23. The Morgan fingerprint density at radius 2 is 2.10 bits per heavy atom. The molecule has 1 heterocycles. The van der Waals surface area contributed by atoms with E-state index in [1.165, 1.54) is 0 Å². The number of nitriles is 1. The van der Waals surface area contributed by atoms with Gasteiger partial charge in [-0.15, -0.1) is 0 Å². The first kappa shape index (κ1) is 15.1. The molecule has 2 rings (SSSR count). The normalized spacial score (nSPS) is 10.2. The molecule has 0 fully saturated rings. The van der Waals surface area contributed by atoms with Crippen molar-refractivity contribution in [2.24, 2.45) is 0 Å². The number of aromatic nitrogens is 1. The summed E-state index contributed by atoms with van der Waals surface area (Å²) in [4.78, 5) is 12.3. The predicted octanol–water partition coefficient (Wildman–Crippen LogP) is 3.26. The fourth-order valence-corrected chi connectivity index (χ4v) is 2.49. The van der Waals surface area contributed by atoms with E-state index in [2.05, 4.69) is 0 Å². The second-order valence-corrected chi connectivity index (χ2v) is 4.88. The maximum Gasteiger partial charge on any atom is 0.255 e. The van der Waals surface area contributed by atoms with Gasteiger partial charge in [0.1, 0.15) is 5.75 Å². The van der Waals surface area contributed by atoms with Crippen LogP contribution in [0.25, 0.3) is 11.3 Å². The molecular weight excluding hydrogens is 288 g/mol.